The number of para-hydroxylation sites is 1. The minimum Gasteiger partial charge on any atom is -0.481 e. The van der Waals surface area contributed by atoms with Crippen molar-refractivity contribution in [1.29, 1.82) is 0 Å². The maximum absolute atomic E-state index is 14.5. The molecule has 0 saturated carbocycles. The zero-order valence-corrected chi connectivity index (χ0v) is 62.0. The number of aryl methyl sites for hydroxylation is 1. The van der Waals surface area contributed by atoms with E-state index in [4.69, 9.17) is 5.73 Å². The van der Waals surface area contributed by atoms with Crippen LogP contribution in [0.25, 0.3) is 12.2 Å². The second-order valence-corrected chi connectivity index (χ2v) is 26.8. The molecule has 13 amide bonds. The van der Waals surface area contributed by atoms with E-state index in [0.29, 0.717) is 47.7 Å². The van der Waals surface area contributed by atoms with Gasteiger partial charge in [-0.15, -0.1) is 5.10 Å². The summed E-state index contributed by atoms with van der Waals surface area (Å²) in [5.41, 5.74) is 10.4. The number of amides is 13. The molecule has 2 heterocycles. The molecule has 0 radical (unpaired) electrons. The van der Waals surface area contributed by atoms with Crippen LogP contribution in [-0.4, -0.2) is 215 Å². The number of carbonyl (C=O) groups excluding carboxylic acids is 13. The van der Waals surface area contributed by atoms with E-state index < -0.39 is 220 Å². The van der Waals surface area contributed by atoms with E-state index in [1.807, 2.05) is 87.6 Å². The van der Waals surface area contributed by atoms with Crippen LogP contribution in [0, 0.1) is 5.92 Å². The first kappa shape index (κ1) is 89.1. The van der Waals surface area contributed by atoms with Crippen molar-refractivity contribution >= 4 is 124 Å². The summed E-state index contributed by atoms with van der Waals surface area (Å²) in [7, 11) is 0. The fraction of sp³-hybridized carbons (Fsp3) is 0.387. The van der Waals surface area contributed by atoms with Gasteiger partial charge in [-0.2, -0.15) is 0 Å². The highest BCUT2D eigenvalue weighted by molar-refractivity contribution is 6.02. The summed E-state index contributed by atoms with van der Waals surface area (Å²) in [4.78, 5) is 237. The topological polar surface area (TPSA) is 601 Å². The Morgan fingerprint density at radius 2 is 0.807 bits per heavy atom. The summed E-state index contributed by atoms with van der Waals surface area (Å²) in [6.07, 6.45) is -0.285. The summed E-state index contributed by atoms with van der Waals surface area (Å²) in [5, 5.41) is 80.9. The Bertz CT molecular complexity index is 4360. The number of unbranched alkanes of at least 4 members (excludes halogenated alkanes) is 1. The summed E-state index contributed by atoms with van der Waals surface area (Å²) >= 11 is 0. The smallest absolute Gasteiger partial charge is 0.305 e. The SMILES string of the molecule is CC(C)Cc1cn(CCCC[C@H](NC(=O)[C@H](Cc2ccccc2)NC(=O)[C@H](Cc2ccccc2)NC(=O)[C@H](CC(=O)O)NC(=O)[C@H](CC(=O)O)NC(=O)[C@H](CC(=O)O)NC(=O)CNC(=O)CNC(=O)CNC(=O)[C@H](CC(=O)O)NC(=O)[C@H](CC(=O)O)NC(=O)CCC(=O)N2Cc3ccccc3/C=C\c3ccccc32)C(N)=O)nn1. The highest BCUT2D eigenvalue weighted by Crippen LogP contribution is 2.30. The van der Waals surface area contributed by atoms with E-state index in [0.717, 1.165) is 23.2 Å². The zero-order chi connectivity index (χ0) is 83.6. The maximum atomic E-state index is 14.5. The molecular weight excluding hydrogens is 1490 g/mol. The number of aromatic nitrogens is 3. The number of carbonyl (C=O) groups is 18. The summed E-state index contributed by atoms with van der Waals surface area (Å²) in [6.45, 7) is 1.63. The monoisotopic (exact) mass is 1580 g/mol. The number of nitrogens with zero attached hydrogens (tertiary/aromatic N) is 4. The Labute approximate surface area is 651 Å². The highest BCUT2D eigenvalue weighted by atomic mass is 16.4. The maximum Gasteiger partial charge on any atom is 0.305 e. The molecule has 114 heavy (non-hydrogen) atoms. The molecule has 8 atom stereocenters. The molecule has 4 aromatic carbocycles. The van der Waals surface area contributed by atoms with Gasteiger partial charge in [0, 0.05) is 38.4 Å². The fourth-order valence-corrected chi connectivity index (χ4v) is 11.6. The lowest BCUT2D eigenvalue weighted by atomic mass is 10.0. The highest BCUT2D eigenvalue weighted by Gasteiger charge is 2.37. The lowest BCUT2D eigenvalue weighted by Gasteiger charge is -2.27. The van der Waals surface area contributed by atoms with E-state index in [1.54, 1.807) is 95.7 Å². The van der Waals surface area contributed by atoms with Gasteiger partial charge in [0.15, 0.2) is 0 Å². The summed E-state index contributed by atoms with van der Waals surface area (Å²) in [6, 6.07) is 15.7. The summed E-state index contributed by atoms with van der Waals surface area (Å²) < 4.78 is 1.66. The molecule has 39 heteroatoms. The minimum absolute atomic E-state index is 0.0843. The average molecular weight is 1580 g/mol. The molecule has 1 aliphatic heterocycles. The van der Waals surface area contributed by atoms with E-state index >= 15 is 0 Å². The van der Waals surface area contributed by atoms with Gasteiger partial charge < -0.3 is 94.7 Å². The molecule has 0 bridgehead atoms. The van der Waals surface area contributed by atoms with Gasteiger partial charge in [0.25, 0.3) is 0 Å². The number of hydrogen-bond acceptors (Lipinski definition) is 20. The molecule has 39 nitrogen and oxygen atoms in total. The van der Waals surface area contributed by atoms with E-state index in [1.165, 1.54) is 4.90 Å². The number of anilines is 1. The van der Waals surface area contributed by atoms with Crippen molar-refractivity contribution in [3.8, 4) is 0 Å². The van der Waals surface area contributed by atoms with Gasteiger partial charge >= 0.3 is 29.8 Å². The van der Waals surface area contributed by atoms with Crippen LogP contribution in [0.15, 0.2) is 115 Å². The number of hydrogen-bond donors (Lipinski definition) is 17. The molecule has 18 N–H and O–H groups in total. The third-order valence-corrected chi connectivity index (χ3v) is 17.2. The normalized spacial score (nSPS) is 13.7. The van der Waals surface area contributed by atoms with Crippen LogP contribution in [0.4, 0.5) is 5.69 Å². The van der Waals surface area contributed by atoms with Gasteiger partial charge in [-0.1, -0.05) is 134 Å². The zero-order valence-electron chi connectivity index (χ0n) is 62.0. The van der Waals surface area contributed by atoms with E-state index in [9.17, 15) is 112 Å². The molecule has 1 aliphatic rings. The number of carboxylic acids is 5. The Kier molecular flexibility index (Phi) is 35.0. The van der Waals surface area contributed by atoms with Crippen molar-refractivity contribution in [2.45, 2.75) is 159 Å². The first-order valence-corrected chi connectivity index (χ1v) is 35.9. The van der Waals surface area contributed by atoms with Crippen LogP contribution >= 0.6 is 0 Å². The van der Waals surface area contributed by atoms with Crippen molar-refractivity contribution in [3.05, 3.63) is 149 Å². The van der Waals surface area contributed by atoms with Crippen molar-refractivity contribution < 1.29 is 112 Å². The van der Waals surface area contributed by atoms with Crippen LogP contribution in [0.5, 0.6) is 0 Å². The Hall–Kier alpha value is -13.8. The number of primary amides is 1. The van der Waals surface area contributed by atoms with Gasteiger partial charge in [-0.3, -0.25) is 91.0 Å². The molecule has 0 spiro atoms. The number of nitrogens with one attached hydrogen (secondary N) is 11. The average Bonchev–Trinajstić information content (AvgIpc) is 0.982. The third-order valence-electron chi connectivity index (χ3n) is 17.2. The number of aliphatic carboxylic acids is 5. The van der Waals surface area contributed by atoms with Crippen molar-refractivity contribution in [2.24, 2.45) is 11.7 Å². The summed E-state index contributed by atoms with van der Waals surface area (Å²) in [5.74, 6) is -23.2. The number of carboxylic acid groups (broad SMARTS) is 5. The molecule has 608 valence electrons. The third kappa shape index (κ3) is 30.9. The second kappa shape index (κ2) is 44.8. The molecule has 1 aromatic heterocycles. The standard InChI is InChI=1S/C75H90N16O23/c1-42(2)29-48-41-90(89-88-48)28-14-13-22-49(68(76)107)82-70(109)50(30-43-15-5-3-6-16-43)83-71(110)51(31-44-17-7-4-8-18-44)84-74(113)55(35-66(103)104)87-75(114)56(36-67(105)106)86-73(112)54(34-65(101)102)81-61(95)39-78-59(93)37-77-60(94)38-79-69(108)52(32-63(97)98)85-72(111)53(33-64(99)100)80-58(92)26-27-62(96)91-40-47-21-10-9-19-45(47)24-25-46-20-11-12-23-57(46)91/h3-12,15-21,23-25,41-42,49-56H,13-14,22,26-40H2,1-2H3,(H2,76,107)(H,77,94)(H,78,93)(H,79,108)(H,80,92)(H,81,95)(H,82,109)(H,83,110)(H,84,113)(H,85,111)(H,86,112)(H,87,114)(H,97,98)(H,99,100)(H,101,102)(H,103,104)(H,105,106)/b25-24-/t49-,50-,51-,52-,53-,54-,55-,56-/m0/s1. The van der Waals surface area contributed by atoms with Gasteiger partial charge in [0.1, 0.15) is 48.3 Å². The number of benzene rings is 4. The number of rotatable bonds is 46. The van der Waals surface area contributed by atoms with Gasteiger partial charge in [0.05, 0.1) is 69.7 Å². The first-order valence-electron chi connectivity index (χ1n) is 35.9. The van der Waals surface area contributed by atoms with Gasteiger partial charge in [-0.25, -0.2) is 0 Å². The number of fused-ring (bicyclic) bond motifs is 2. The van der Waals surface area contributed by atoms with Gasteiger partial charge in [0.2, 0.25) is 76.8 Å². The molecule has 0 fully saturated rings. The Morgan fingerprint density at radius 1 is 0.412 bits per heavy atom. The van der Waals surface area contributed by atoms with Crippen LogP contribution in [-0.2, 0) is 119 Å². The van der Waals surface area contributed by atoms with E-state index in [2.05, 4.69) is 31.6 Å². The largest absolute Gasteiger partial charge is 0.481 e. The molecule has 0 unspecified atom stereocenters. The Balaban J connectivity index is 1.02. The number of nitrogens with two attached hydrogens (primary N) is 1. The van der Waals surface area contributed by atoms with Crippen LogP contribution in [0.1, 0.15) is 112 Å². The van der Waals surface area contributed by atoms with E-state index in [-0.39, 0.29) is 25.8 Å². The van der Waals surface area contributed by atoms with Crippen LogP contribution in [0.3, 0.4) is 0 Å². The quantitative estimate of drug-likeness (QED) is 0.0182. The fourth-order valence-electron chi connectivity index (χ4n) is 11.6. The lowest BCUT2D eigenvalue weighted by Crippen LogP contribution is -2.60. The lowest BCUT2D eigenvalue weighted by molar-refractivity contribution is -0.144. The van der Waals surface area contributed by atoms with Crippen molar-refractivity contribution in [2.75, 3.05) is 24.5 Å². The predicted octanol–water partition coefficient (Wildman–Crippen LogP) is -2.28. The van der Waals surface area contributed by atoms with Crippen LogP contribution in [0.2, 0.25) is 0 Å². The molecule has 6 rings (SSSR count). The van der Waals surface area contributed by atoms with Crippen LogP contribution < -0.4 is 69.1 Å². The molecule has 5 aromatic rings. The van der Waals surface area contributed by atoms with Crippen molar-refractivity contribution in [3.63, 3.8) is 0 Å². The molecular formula is C75H90N16O23. The molecule has 0 aliphatic carbocycles. The first-order chi connectivity index (χ1) is 54.2. The molecule has 0 saturated heterocycles. The minimum atomic E-state index is -2.27. The predicted molar refractivity (Wildman–Crippen MR) is 400 cm³/mol. The second-order valence-electron chi connectivity index (χ2n) is 26.8. The Morgan fingerprint density at radius 3 is 1.29 bits per heavy atom. The van der Waals surface area contributed by atoms with Gasteiger partial charge in [-0.05, 0) is 65.5 Å². The van der Waals surface area contributed by atoms with Crippen molar-refractivity contribution in [1.82, 2.24) is 73.5 Å².